The largest absolute Gasteiger partial charge is 0.373 e. The van der Waals surface area contributed by atoms with E-state index in [1.807, 2.05) is 19.4 Å². The van der Waals surface area contributed by atoms with Crippen LogP contribution in [0.25, 0.3) is 0 Å². The lowest BCUT2D eigenvalue weighted by molar-refractivity contribution is 0.0182. The van der Waals surface area contributed by atoms with Gasteiger partial charge in [-0.3, -0.25) is 4.68 Å². The van der Waals surface area contributed by atoms with E-state index in [9.17, 15) is 0 Å². The van der Waals surface area contributed by atoms with Crippen molar-refractivity contribution in [2.75, 3.05) is 6.54 Å². The summed E-state index contributed by atoms with van der Waals surface area (Å²) in [6.45, 7) is 1.41. The van der Waals surface area contributed by atoms with E-state index < -0.39 is 0 Å². The molecule has 2 atom stereocenters. The standard InChI is InChI=1S/C11H19N3O/c1-14-7-9(6-13-14)8-15-11-4-2-3-10(11)5-12/h6-7,10-11H,2-5,8,12H2,1H3. The Bertz CT molecular complexity index is 311. The van der Waals surface area contributed by atoms with Crippen molar-refractivity contribution < 1.29 is 4.74 Å². The van der Waals surface area contributed by atoms with Gasteiger partial charge in [-0.1, -0.05) is 6.42 Å². The van der Waals surface area contributed by atoms with Crippen LogP contribution in [-0.4, -0.2) is 22.4 Å². The maximum atomic E-state index is 5.87. The van der Waals surface area contributed by atoms with Gasteiger partial charge in [-0.2, -0.15) is 5.10 Å². The summed E-state index contributed by atoms with van der Waals surface area (Å²) < 4.78 is 7.67. The Hall–Kier alpha value is -0.870. The number of hydrogen-bond acceptors (Lipinski definition) is 3. The summed E-state index contributed by atoms with van der Waals surface area (Å²) in [7, 11) is 1.92. The third-order valence-corrected chi connectivity index (χ3v) is 3.11. The molecule has 0 bridgehead atoms. The number of aryl methyl sites for hydroxylation is 1. The van der Waals surface area contributed by atoms with Crippen molar-refractivity contribution in [2.45, 2.75) is 32.0 Å². The number of nitrogens with two attached hydrogens (primary N) is 1. The van der Waals surface area contributed by atoms with E-state index in [4.69, 9.17) is 10.5 Å². The Balaban J connectivity index is 1.82. The zero-order valence-electron chi connectivity index (χ0n) is 9.22. The fourth-order valence-electron chi connectivity index (χ4n) is 2.24. The van der Waals surface area contributed by atoms with E-state index in [-0.39, 0.29) is 0 Å². The minimum absolute atomic E-state index is 0.357. The van der Waals surface area contributed by atoms with E-state index >= 15 is 0 Å². The molecule has 4 nitrogen and oxygen atoms in total. The van der Waals surface area contributed by atoms with Crippen LogP contribution in [0.3, 0.4) is 0 Å². The lowest BCUT2D eigenvalue weighted by Gasteiger charge is -2.17. The highest BCUT2D eigenvalue weighted by Crippen LogP contribution is 2.27. The Labute approximate surface area is 90.4 Å². The quantitative estimate of drug-likeness (QED) is 0.807. The molecule has 84 valence electrons. The second-order valence-electron chi connectivity index (χ2n) is 4.30. The second-order valence-corrected chi connectivity index (χ2v) is 4.30. The van der Waals surface area contributed by atoms with Crippen molar-refractivity contribution in [1.82, 2.24) is 9.78 Å². The molecule has 0 amide bonds. The Morgan fingerprint density at radius 2 is 2.47 bits per heavy atom. The molecule has 0 radical (unpaired) electrons. The van der Waals surface area contributed by atoms with Crippen LogP contribution >= 0.6 is 0 Å². The van der Waals surface area contributed by atoms with E-state index in [1.165, 1.54) is 12.8 Å². The van der Waals surface area contributed by atoms with Gasteiger partial charge in [-0.15, -0.1) is 0 Å². The van der Waals surface area contributed by atoms with Crippen molar-refractivity contribution >= 4 is 0 Å². The predicted octanol–water partition coefficient (Wildman–Crippen LogP) is 1.06. The molecular formula is C11H19N3O. The molecule has 1 fully saturated rings. The molecule has 0 aliphatic heterocycles. The SMILES string of the molecule is Cn1cc(COC2CCCC2CN)cn1. The summed E-state index contributed by atoms with van der Waals surface area (Å²) >= 11 is 0. The second kappa shape index (κ2) is 4.77. The van der Waals surface area contributed by atoms with Gasteiger partial charge in [-0.05, 0) is 25.3 Å². The zero-order valence-corrected chi connectivity index (χ0v) is 9.22. The van der Waals surface area contributed by atoms with Crippen LogP contribution in [0.15, 0.2) is 12.4 Å². The number of hydrogen-bond donors (Lipinski definition) is 1. The van der Waals surface area contributed by atoms with Crippen LogP contribution in [0.1, 0.15) is 24.8 Å². The van der Waals surface area contributed by atoms with Crippen molar-refractivity contribution in [3.63, 3.8) is 0 Å². The van der Waals surface area contributed by atoms with Gasteiger partial charge in [-0.25, -0.2) is 0 Å². The normalized spacial score (nSPS) is 26.0. The van der Waals surface area contributed by atoms with E-state index in [2.05, 4.69) is 5.10 Å². The molecule has 1 aliphatic rings. The van der Waals surface area contributed by atoms with Crippen LogP contribution in [0.2, 0.25) is 0 Å². The predicted molar refractivity (Wildman–Crippen MR) is 58.2 cm³/mol. The summed E-state index contributed by atoms with van der Waals surface area (Å²) in [6.07, 6.45) is 7.82. The summed E-state index contributed by atoms with van der Waals surface area (Å²) in [5.41, 5.74) is 6.84. The average molecular weight is 209 g/mol. The molecule has 4 heteroatoms. The molecule has 1 heterocycles. The van der Waals surface area contributed by atoms with Crippen LogP contribution in [0.4, 0.5) is 0 Å². The zero-order chi connectivity index (χ0) is 10.7. The van der Waals surface area contributed by atoms with Crippen LogP contribution in [0.5, 0.6) is 0 Å². The van der Waals surface area contributed by atoms with Crippen molar-refractivity contribution in [3.8, 4) is 0 Å². The molecule has 1 aliphatic carbocycles. The number of aromatic nitrogens is 2. The Morgan fingerprint density at radius 1 is 1.60 bits per heavy atom. The maximum Gasteiger partial charge on any atom is 0.0751 e. The fraction of sp³-hybridized carbons (Fsp3) is 0.727. The summed E-state index contributed by atoms with van der Waals surface area (Å²) in [5.74, 6) is 0.557. The molecule has 2 rings (SSSR count). The lowest BCUT2D eigenvalue weighted by Crippen LogP contribution is -2.25. The summed E-state index contributed by atoms with van der Waals surface area (Å²) in [4.78, 5) is 0. The van der Waals surface area contributed by atoms with Crippen molar-refractivity contribution in [2.24, 2.45) is 18.7 Å². The lowest BCUT2D eigenvalue weighted by atomic mass is 10.1. The number of nitrogens with zero attached hydrogens (tertiary/aromatic N) is 2. The third kappa shape index (κ3) is 2.58. The minimum Gasteiger partial charge on any atom is -0.373 e. The molecule has 0 aromatic carbocycles. The Kier molecular flexibility index (Phi) is 3.38. The average Bonchev–Trinajstić information content (AvgIpc) is 2.83. The fourth-order valence-corrected chi connectivity index (χ4v) is 2.24. The van der Waals surface area contributed by atoms with Crippen LogP contribution in [0, 0.1) is 5.92 Å². The van der Waals surface area contributed by atoms with Gasteiger partial charge in [0.15, 0.2) is 0 Å². The first-order chi connectivity index (χ1) is 7.29. The first-order valence-corrected chi connectivity index (χ1v) is 5.59. The molecule has 1 saturated carbocycles. The molecular weight excluding hydrogens is 190 g/mol. The van der Waals surface area contributed by atoms with E-state index in [0.29, 0.717) is 18.6 Å². The topological polar surface area (TPSA) is 53.1 Å². The van der Waals surface area contributed by atoms with Crippen molar-refractivity contribution in [1.29, 1.82) is 0 Å². The molecule has 0 spiro atoms. The first kappa shape index (κ1) is 10.6. The molecule has 2 unspecified atom stereocenters. The highest BCUT2D eigenvalue weighted by atomic mass is 16.5. The van der Waals surface area contributed by atoms with E-state index in [1.54, 1.807) is 4.68 Å². The van der Waals surface area contributed by atoms with Gasteiger partial charge in [0.05, 0.1) is 18.9 Å². The minimum atomic E-state index is 0.357. The van der Waals surface area contributed by atoms with Gasteiger partial charge in [0.2, 0.25) is 0 Å². The maximum absolute atomic E-state index is 5.87. The van der Waals surface area contributed by atoms with Gasteiger partial charge in [0.1, 0.15) is 0 Å². The molecule has 1 aromatic rings. The first-order valence-electron chi connectivity index (χ1n) is 5.59. The van der Waals surface area contributed by atoms with Gasteiger partial charge < -0.3 is 10.5 Å². The number of rotatable bonds is 4. The highest BCUT2D eigenvalue weighted by Gasteiger charge is 2.26. The van der Waals surface area contributed by atoms with Crippen molar-refractivity contribution in [3.05, 3.63) is 18.0 Å². The van der Waals surface area contributed by atoms with Crippen LogP contribution < -0.4 is 5.73 Å². The monoisotopic (exact) mass is 209 g/mol. The Morgan fingerprint density at radius 3 is 3.13 bits per heavy atom. The molecule has 0 saturated heterocycles. The summed E-state index contributed by atoms with van der Waals surface area (Å²) in [6, 6.07) is 0. The summed E-state index contributed by atoms with van der Waals surface area (Å²) in [5, 5.41) is 4.11. The highest BCUT2D eigenvalue weighted by molar-refractivity contribution is 5.01. The van der Waals surface area contributed by atoms with E-state index in [0.717, 1.165) is 18.5 Å². The van der Waals surface area contributed by atoms with Gasteiger partial charge in [0.25, 0.3) is 0 Å². The number of ether oxygens (including phenoxy) is 1. The van der Waals surface area contributed by atoms with Gasteiger partial charge >= 0.3 is 0 Å². The van der Waals surface area contributed by atoms with Crippen LogP contribution in [-0.2, 0) is 18.4 Å². The smallest absolute Gasteiger partial charge is 0.0751 e. The molecule has 15 heavy (non-hydrogen) atoms. The van der Waals surface area contributed by atoms with Gasteiger partial charge in [0, 0.05) is 18.8 Å². The third-order valence-electron chi connectivity index (χ3n) is 3.11. The molecule has 2 N–H and O–H groups in total. The molecule has 1 aromatic heterocycles.